The number of carboxylic acids is 1. The van der Waals surface area contributed by atoms with Gasteiger partial charge >= 0.3 is 23.9 Å². The molecule has 0 saturated carbocycles. The lowest BCUT2D eigenvalue weighted by molar-refractivity contribution is -0.144. The van der Waals surface area contributed by atoms with Crippen molar-refractivity contribution in [2.75, 3.05) is 98.4 Å². The number of ether oxygens (including phenoxy) is 3. The summed E-state index contributed by atoms with van der Waals surface area (Å²) in [5, 5.41) is 9.04. The number of rotatable bonds is 66. The first-order valence-corrected chi connectivity index (χ1v) is 36.8. The molecule has 1 fully saturated rings. The van der Waals surface area contributed by atoms with E-state index in [-0.39, 0.29) is 24.3 Å². The summed E-state index contributed by atoms with van der Waals surface area (Å²) in [6, 6.07) is 0. The predicted octanol–water partition coefficient (Wildman–Crippen LogP) is 18.3. The quantitative estimate of drug-likeness (QED) is 0.0354. The van der Waals surface area contributed by atoms with Crippen molar-refractivity contribution >= 4 is 23.9 Å². The molecule has 496 valence electrons. The molecule has 0 radical (unpaired) electrons. The van der Waals surface area contributed by atoms with Gasteiger partial charge < -0.3 is 29.1 Å². The van der Waals surface area contributed by atoms with E-state index in [0.29, 0.717) is 39.1 Å². The van der Waals surface area contributed by atoms with Crippen molar-refractivity contribution in [3.05, 3.63) is 0 Å². The summed E-state index contributed by atoms with van der Waals surface area (Å²) in [5.41, 5.74) is 0. The first-order chi connectivity index (χ1) is 41.2. The van der Waals surface area contributed by atoms with Crippen molar-refractivity contribution in [1.29, 1.82) is 0 Å². The third kappa shape index (κ3) is 55.1. The normalized spacial score (nSPS) is 13.2. The first-order valence-electron chi connectivity index (χ1n) is 36.8. The highest BCUT2D eigenvalue weighted by molar-refractivity contribution is 5.70. The van der Waals surface area contributed by atoms with Gasteiger partial charge in [0.1, 0.15) is 0 Å². The molecule has 1 aliphatic rings. The van der Waals surface area contributed by atoms with E-state index in [1.807, 2.05) is 0 Å². The molecule has 0 aromatic heterocycles. The zero-order valence-electron chi connectivity index (χ0n) is 56.2. The van der Waals surface area contributed by atoms with Gasteiger partial charge in [-0.15, -0.1) is 0 Å². The van der Waals surface area contributed by atoms with Gasteiger partial charge in [0, 0.05) is 78.0 Å². The van der Waals surface area contributed by atoms with Gasteiger partial charge in [0.2, 0.25) is 0 Å². The van der Waals surface area contributed by atoms with Gasteiger partial charge in [0.15, 0.2) is 0 Å². The standard InChI is InChI=1S/C72H140N4O8/c1-5-9-13-15-17-19-21-29-43-65-82-70(79)51-37-31-41-55-73(53-39-27-23-25-35-49-69(77)78)57-59-75-61-63-76(64-62-75)60-58-74(56-42-32-38-52-71(80)83-66-44-30-22-20-18-16-14-10-6-2)54-40-28-24-26-36-50-72(81)84-67-45-48-68(46-33-11-7-3)47-34-12-8-4/h68H,5-67H2,1-4H3,(H,77,78). The zero-order chi connectivity index (χ0) is 60.9. The molecule has 0 spiro atoms. The third-order valence-corrected chi connectivity index (χ3v) is 17.8. The van der Waals surface area contributed by atoms with E-state index in [0.717, 1.165) is 206 Å². The zero-order valence-corrected chi connectivity index (χ0v) is 56.2. The molecule has 1 aliphatic heterocycles. The number of carbonyl (C=O) groups is 4. The van der Waals surface area contributed by atoms with Gasteiger partial charge in [-0.05, 0) is 109 Å². The topological polar surface area (TPSA) is 129 Å². The Bertz CT molecular complexity index is 1440. The molecule has 1 saturated heterocycles. The number of hydrogen-bond acceptors (Lipinski definition) is 11. The van der Waals surface area contributed by atoms with E-state index < -0.39 is 5.97 Å². The smallest absolute Gasteiger partial charge is 0.305 e. The largest absolute Gasteiger partial charge is 0.481 e. The molecule has 0 aromatic carbocycles. The molecule has 0 atom stereocenters. The number of nitrogens with zero attached hydrogens (tertiary/aromatic N) is 4. The molecule has 1 heterocycles. The van der Waals surface area contributed by atoms with Gasteiger partial charge in [-0.25, -0.2) is 0 Å². The van der Waals surface area contributed by atoms with Crippen LogP contribution in [0.4, 0.5) is 0 Å². The number of carbonyl (C=O) groups excluding carboxylic acids is 3. The van der Waals surface area contributed by atoms with Crippen molar-refractivity contribution in [2.24, 2.45) is 5.92 Å². The minimum absolute atomic E-state index is 0.0166. The summed E-state index contributed by atoms with van der Waals surface area (Å²) in [6.45, 7) is 23.8. The predicted molar refractivity (Wildman–Crippen MR) is 354 cm³/mol. The average molecular weight is 1190 g/mol. The van der Waals surface area contributed by atoms with E-state index in [4.69, 9.17) is 19.3 Å². The van der Waals surface area contributed by atoms with Crippen LogP contribution in [-0.2, 0) is 33.4 Å². The number of carboxylic acid groups (broad SMARTS) is 1. The first kappa shape index (κ1) is 79.7. The Hall–Kier alpha value is -2.28. The number of esters is 3. The monoisotopic (exact) mass is 1190 g/mol. The highest BCUT2D eigenvalue weighted by atomic mass is 16.5. The van der Waals surface area contributed by atoms with E-state index >= 15 is 0 Å². The van der Waals surface area contributed by atoms with Gasteiger partial charge in [-0.3, -0.25) is 29.0 Å². The number of piperazine rings is 1. The van der Waals surface area contributed by atoms with Gasteiger partial charge in [0.25, 0.3) is 0 Å². The molecule has 0 aromatic rings. The van der Waals surface area contributed by atoms with Crippen molar-refractivity contribution in [3.63, 3.8) is 0 Å². The molecule has 0 aliphatic carbocycles. The Morgan fingerprint density at radius 2 is 0.583 bits per heavy atom. The Balaban J connectivity index is 2.56. The van der Waals surface area contributed by atoms with Crippen LogP contribution in [0.1, 0.15) is 336 Å². The Labute approximate surface area is 519 Å². The fourth-order valence-electron chi connectivity index (χ4n) is 12.1. The molecule has 12 nitrogen and oxygen atoms in total. The molecule has 12 heteroatoms. The molecule has 0 bridgehead atoms. The summed E-state index contributed by atoms with van der Waals surface area (Å²) < 4.78 is 16.9. The fraction of sp³-hybridized carbons (Fsp3) is 0.944. The van der Waals surface area contributed by atoms with Crippen LogP contribution >= 0.6 is 0 Å². The summed E-state index contributed by atoms with van der Waals surface area (Å²) in [5.74, 6) is 0.00526. The number of aliphatic carboxylic acids is 1. The second-order valence-electron chi connectivity index (χ2n) is 25.7. The van der Waals surface area contributed by atoms with Gasteiger partial charge in [0.05, 0.1) is 19.8 Å². The van der Waals surface area contributed by atoms with Gasteiger partial charge in [-0.1, -0.05) is 233 Å². The molecule has 1 rings (SSSR count). The summed E-state index contributed by atoms with van der Waals surface area (Å²) in [4.78, 5) is 59.2. The summed E-state index contributed by atoms with van der Waals surface area (Å²) in [6.07, 6.45) is 54.0. The third-order valence-electron chi connectivity index (χ3n) is 17.8. The van der Waals surface area contributed by atoms with E-state index in [9.17, 15) is 19.2 Å². The maximum atomic E-state index is 12.6. The second kappa shape index (κ2) is 62.3. The second-order valence-corrected chi connectivity index (χ2v) is 25.7. The Morgan fingerprint density at radius 3 is 0.929 bits per heavy atom. The summed E-state index contributed by atoms with van der Waals surface area (Å²) in [7, 11) is 0. The van der Waals surface area contributed by atoms with Crippen LogP contribution in [0, 0.1) is 5.92 Å². The van der Waals surface area contributed by atoms with Gasteiger partial charge in [-0.2, -0.15) is 0 Å². The molecule has 84 heavy (non-hydrogen) atoms. The van der Waals surface area contributed by atoms with Crippen molar-refractivity contribution < 1.29 is 38.5 Å². The highest BCUT2D eigenvalue weighted by Crippen LogP contribution is 2.23. The highest BCUT2D eigenvalue weighted by Gasteiger charge is 2.19. The summed E-state index contributed by atoms with van der Waals surface area (Å²) >= 11 is 0. The molecule has 1 N–H and O–H groups in total. The Morgan fingerprint density at radius 1 is 0.321 bits per heavy atom. The lowest BCUT2D eigenvalue weighted by Crippen LogP contribution is -2.50. The minimum atomic E-state index is -0.695. The van der Waals surface area contributed by atoms with Crippen molar-refractivity contribution in [3.8, 4) is 0 Å². The van der Waals surface area contributed by atoms with Crippen LogP contribution in [0.3, 0.4) is 0 Å². The van der Waals surface area contributed by atoms with Crippen molar-refractivity contribution in [2.45, 2.75) is 336 Å². The van der Waals surface area contributed by atoms with Crippen LogP contribution in [0.25, 0.3) is 0 Å². The number of hydrogen-bond donors (Lipinski definition) is 1. The van der Waals surface area contributed by atoms with Crippen LogP contribution in [-0.4, -0.2) is 147 Å². The van der Waals surface area contributed by atoms with Crippen LogP contribution < -0.4 is 0 Å². The van der Waals surface area contributed by atoms with E-state index in [2.05, 4.69) is 47.3 Å². The fourth-order valence-corrected chi connectivity index (χ4v) is 12.1. The van der Waals surface area contributed by atoms with E-state index in [1.165, 1.54) is 161 Å². The van der Waals surface area contributed by atoms with Crippen LogP contribution in [0.5, 0.6) is 0 Å². The maximum absolute atomic E-state index is 12.6. The molecule has 0 unspecified atom stereocenters. The molecule has 0 amide bonds. The number of unbranched alkanes of at least 4 members (excludes halogenated alkanes) is 32. The Kier molecular flexibility index (Phi) is 59.2. The average Bonchev–Trinajstić information content (AvgIpc) is 3.53. The lowest BCUT2D eigenvalue weighted by Gasteiger charge is -2.37. The van der Waals surface area contributed by atoms with Crippen LogP contribution in [0.2, 0.25) is 0 Å². The molecular weight excluding hydrogens is 1050 g/mol. The van der Waals surface area contributed by atoms with E-state index in [1.54, 1.807) is 0 Å². The lowest BCUT2D eigenvalue weighted by atomic mass is 9.91. The minimum Gasteiger partial charge on any atom is -0.481 e. The SMILES string of the molecule is CCCCCCCCCCCOC(=O)CCCCCN(CCCCCCCC(=O)O)CCN1CCN(CCN(CCCCCCCC(=O)OCCCC(CCCCC)CCCCC)CCCCCC(=O)OCCCCCCCCCCC)CC1. The van der Waals surface area contributed by atoms with Crippen LogP contribution in [0.15, 0.2) is 0 Å². The molecular formula is C72H140N4O8. The maximum Gasteiger partial charge on any atom is 0.305 e. The van der Waals surface area contributed by atoms with Crippen molar-refractivity contribution in [1.82, 2.24) is 19.6 Å².